The maximum Gasteiger partial charge on any atom is 0.279 e. The first-order valence-corrected chi connectivity index (χ1v) is 2.24. The van der Waals surface area contributed by atoms with Crippen molar-refractivity contribution in [1.82, 2.24) is 10.6 Å². The lowest BCUT2D eigenvalue weighted by Gasteiger charge is -1.60. The molecular formula is C4H9ClN2O3. The van der Waals surface area contributed by atoms with Gasteiger partial charge < -0.3 is 9.73 Å². The van der Waals surface area contributed by atoms with Gasteiger partial charge in [-0.3, -0.25) is 4.79 Å². The lowest BCUT2D eigenvalue weighted by molar-refractivity contribution is 0.194. The van der Waals surface area contributed by atoms with Crippen LogP contribution >= 0.6 is 12.4 Å². The van der Waals surface area contributed by atoms with E-state index < -0.39 is 0 Å². The van der Waals surface area contributed by atoms with E-state index in [0.717, 1.165) is 0 Å². The van der Waals surface area contributed by atoms with E-state index in [4.69, 9.17) is 5.21 Å². The summed E-state index contributed by atoms with van der Waals surface area (Å²) in [5, 5.41) is 9.39. The minimum Gasteiger partial charge on any atom is -0.387 e. The van der Waals surface area contributed by atoms with Crippen molar-refractivity contribution < 1.29 is 9.73 Å². The lowest BCUT2D eigenvalue weighted by Crippen LogP contribution is -1.91. The minimum atomic E-state index is -0.199. The summed E-state index contributed by atoms with van der Waals surface area (Å²) in [5.41, 5.74) is 1.55. The molecule has 1 aromatic rings. The average Bonchev–Trinajstić information content (AvgIpc) is 2.20. The van der Waals surface area contributed by atoms with Gasteiger partial charge in [0.2, 0.25) is 0 Å². The van der Waals surface area contributed by atoms with Crippen LogP contribution in [0.1, 0.15) is 0 Å². The van der Waals surface area contributed by atoms with Gasteiger partial charge in [0.15, 0.2) is 0 Å². The first kappa shape index (κ1) is 12.0. The quantitative estimate of drug-likeness (QED) is 0.476. The Morgan fingerprint density at radius 1 is 1.80 bits per heavy atom. The largest absolute Gasteiger partial charge is 0.387 e. The number of rotatable bonds is 0. The Morgan fingerprint density at radius 2 is 2.30 bits per heavy atom. The molecule has 1 heterocycles. The van der Waals surface area contributed by atoms with Gasteiger partial charge >= 0.3 is 0 Å². The van der Waals surface area contributed by atoms with Gasteiger partial charge in [-0.25, -0.2) is 5.48 Å². The summed E-state index contributed by atoms with van der Waals surface area (Å²) < 4.78 is 4.28. The van der Waals surface area contributed by atoms with Crippen molar-refractivity contribution in [2.75, 3.05) is 7.05 Å². The molecule has 0 aliphatic rings. The highest BCUT2D eigenvalue weighted by Gasteiger charge is 1.73. The molecule has 0 radical (unpaired) electrons. The van der Waals surface area contributed by atoms with Crippen LogP contribution in [0.2, 0.25) is 0 Å². The summed E-state index contributed by atoms with van der Waals surface area (Å²) >= 11 is 0. The van der Waals surface area contributed by atoms with Gasteiger partial charge in [-0.15, -0.1) is 12.4 Å². The Labute approximate surface area is 63.4 Å². The molecule has 0 aliphatic carbocycles. The van der Waals surface area contributed by atoms with Gasteiger partial charge in [-0.2, -0.15) is 5.16 Å². The van der Waals surface area contributed by atoms with Crippen molar-refractivity contribution in [3.8, 4) is 0 Å². The molecule has 1 rings (SSSR count). The third-order valence-corrected chi connectivity index (χ3v) is 0.447. The van der Waals surface area contributed by atoms with E-state index in [-0.39, 0.29) is 18.0 Å². The molecule has 0 bridgehead atoms. The molecule has 3 N–H and O–H groups in total. The summed E-state index contributed by atoms with van der Waals surface area (Å²) in [6, 6.07) is 1.31. The van der Waals surface area contributed by atoms with E-state index in [1.54, 1.807) is 5.48 Å². The molecule has 0 fully saturated rings. The molecule has 0 aromatic carbocycles. The van der Waals surface area contributed by atoms with E-state index >= 15 is 0 Å². The van der Waals surface area contributed by atoms with Crippen molar-refractivity contribution in [1.29, 1.82) is 0 Å². The van der Waals surface area contributed by atoms with Crippen LogP contribution in [0.15, 0.2) is 21.6 Å². The van der Waals surface area contributed by atoms with Crippen LogP contribution < -0.4 is 11.0 Å². The number of hydroxylamine groups is 1. The lowest BCUT2D eigenvalue weighted by atomic mass is 10.8. The molecule has 6 heteroatoms. The Kier molecular flexibility index (Phi) is 9.82. The molecule has 0 atom stereocenters. The zero-order valence-electron chi connectivity index (χ0n) is 5.33. The van der Waals surface area contributed by atoms with E-state index in [9.17, 15) is 4.79 Å². The second kappa shape index (κ2) is 8.22. The summed E-state index contributed by atoms with van der Waals surface area (Å²) in [6.45, 7) is 0. The third kappa shape index (κ3) is 7.22. The SMILES string of the molecule is CNO.Cl.O=c1cco[nH]1. The van der Waals surface area contributed by atoms with Crippen LogP contribution in [0.25, 0.3) is 0 Å². The number of halogens is 1. The van der Waals surface area contributed by atoms with Gasteiger partial charge in [0, 0.05) is 13.1 Å². The van der Waals surface area contributed by atoms with E-state index in [2.05, 4.69) is 9.68 Å². The summed E-state index contributed by atoms with van der Waals surface area (Å²) in [6.07, 6.45) is 1.29. The van der Waals surface area contributed by atoms with Crippen molar-refractivity contribution in [3.63, 3.8) is 0 Å². The number of nitrogens with one attached hydrogen (secondary N) is 2. The maximum absolute atomic E-state index is 9.92. The van der Waals surface area contributed by atoms with Crippen LogP contribution in [0, 0.1) is 0 Å². The standard InChI is InChI=1S/C3H3NO2.CH5NO.ClH/c5-3-1-2-6-4-3;1-2-3;/h1-2H,(H,4,5);2-3H,1H3;1H. The first-order valence-electron chi connectivity index (χ1n) is 2.24. The molecule has 5 nitrogen and oxygen atoms in total. The molecule has 0 amide bonds. The molecule has 0 aliphatic heterocycles. The van der Waals surface area contributed by atoms with E-state index in [1.807, 2.05) is 0 Å². The summed E-state index contributed by atoms with van der Waals surface area (Å²) in [4.78, 5) is 9.92. The zero-order valence-corrected chi connectivity index (χ0v) is 6.14. The fourth-order valence-electron chi connectivity index (χ4n) is 0.222. The number of aromatic nitrogens is 1. The van der Waals surface area contributed by atoms with Crippen molar-refractivity contribution >= 4 is 12.4 Å². The van der Waals surface area contributed by atoms with Gasteiger partial charge in [0.1, 0.15) is 6.26 Å². The van der Waals surface area contributed by atoms with Crippen LogP contribution in [0.5, 0.6) is 0 Å². The summed E-state index contributed by atoms with van der Waals surface area (Å²) in [5.74, 6) is 0. The second-order valence-electron chi connectivity index (χ2n) is 1.11. The Bertz CT molecular complexity index is 168. The van der Waals surface area contributed by atoms with Gasteiger partial charge in [0.05, 0.1) is 0 Å². The zero-order chi connectivity index (χ0) is 7.11. The molecule has 0 saturated heterocycles. The number of aromatic amines is 1. The van der Waals surface area contributed by atoms with Gasteiger partial charge in [0.25, 0.3) is 5.56 Å². The van der Waals surface area contributed by atoms with Gasteiger partial charge in [-0.1, -0.05) is 0 Å². The predicted octanol–water partition coefficient (Wildman–Crippen LogP) is -0.0153. The molecular weight excluding hydrogens is 160 g/mol. The first-order chi connectivity index (χ1) is 4.31. The van der Waals surface area contributed by atoms with Crippen molar-refractivity contribution in [2.45, 2.75) is 0 Å². The van der Waals surface area contributed by atoms with Crippen LogP contribution in [-0.2, 0) is 0 Å². The van der Waals surface area contributed by atoms with E-state index in [0.29, 0.717) is 0 Å². The summed E-state index contributed by atoms with van der Waals surface area (Å²) in [7, 11) is 1.43. The van der Waals surface area contributed by atoms with Crippen LogP contribution in [-0.4, -0.2) is 17.4 Å². The molecule has 10 heavy (non-hydrogen) atoms. The highest BCUT2D eigenvalue weighted by Crippen LogP contribution is 1.62. The van der Waals surface area contributed by atoms with Gasteiger partial charge in [-0.05, 0) is 0 Å². The van der Waals surface area contributed by atoms with Crippen LogP contribution in [0.3, 0.4) is 0 Å². The normalized spacial score (nSPS) is 7.00. The fourth-order valence-corrected chi connectivity index (χ4v) is 0.222. The molecule has 1 aromatic heterocycles. The highest BCUT2D eigenvalue weighted by molar-refractivity contribution is 5.85. The number of H-pyrrole nitrogens is 1. The Morgan fingerprint density at radius 3 is 2.40 bits per heavy atom. The highest BCUT2D eigenvalue weighted by atomic mass is 35.5. The minimum absolute atomic E-state index is 0. The number of hydrogen-bond donors (Lipinski definition) is 3. The molecule has 0 unspecified atom stereocenters. The maximum atomic E-state index is 9.92. The number of hydrogen-bond acceptors (Lipinski definition) is 4. The average molecular weight is 169 g/mol. The molecule has 0 saturated carbocycles. The Balaban J connectivity index is 0. The molecule has 60 valence electrons. The Hall–Kier alpha value is -0.780. The van der Waals surface area contributed by atoms with Crippen LogP contribution in [0.4, 0.5) is 0 Å². The second-order valence-corrected chi connectivity index (χ2v) is 1.11. The van der Waals surface area contributed by atoms with Crippen molar-refractivity contribution in [3.05, 3.63) is 22.7 Å². The molecule has 0 spiro atoms. The van der Waals surface area contributed by atoms with Crippen molar-refractivity contribution in [2.24, 2.45) is 0 Å². The topological polar surface area (TPSA) is 78.3 Å². The fraction of sp³-hybridized carbons (Fsp3) is 0.250. The predicted molar refractivity (Wildman–Crippen MR) is 37.4 cm³/mol. The third-order valence-electron chi connectivity index (χ3n) is 0.447. The van der Waals surface area contributed by atoms with E-state index in [1.165, 1.54) is 19.4 Å². The smallest absolute Gasteiger partial charge is 0.279 e. The monoisotopic (exact) mass is 168 g/mol.